The minimum absolute atomic E-state index is 0.00967. The lowest BCUT2D eigenvalue weighted by Crippen LogP contribution is -2.27. The summed E-state index contributed by atoms with van der Waals surface area (Å²) in [4.78, 5) is 20.7. The van der Waals surface area contributed by atoms with Gasteiger partial charge >= 0.3 is 6.18 Å². The van der Waals surface area contributed by atoms with Crippen LogP contribution in [0.2, 0.25) is 0 Å². The number of hydrogen-bond acceptors (Lipinski definition) is 7. The SMILES string of the molecule is CCS(=O)(=O)c1nc(-c2ccnn2C)cc(=O)n1-c1ccc(OCC(F)(F)F)nc1. The summed E-state index contributed by atoms with van der Waals surface area (Å²) < 4.78 is 68.8. The zero-order chi connectivity index (χ0) is 22.1. The molecule has 9 nitrogen and oxygen atoms in total. The highest BCUT2D eigenvalue weighted by Crippen LogP contribution is 2.21. The zero-order valence-electron chi connectivity index (χ0n) is 15.8. The maximum absolute atomic E-state index is 12.8. The van der Waals surface area contributed by atoms with Gasteiger partial charge in [-0.15, -0.1) is 0 Å². The first-order valence-electron chi connectivity index (χ1n) is 8.53. The van der Waals surface area contributed by atoms with E-state index in [1.165, 1.54) is 23.9 Å². The fraction of sp³-hybridized carbons (Fsp3) is 0.294. The van der Waals surface area contributed by atoms with Crippen molar-refractivity contribution in [1.82, 2.24) is 24.3 Å². The Morgan fingerprint density at radius 1 is 1.20 bits per heavy atom. The normalized spacial score (nSPS) is 12.2. The van der Waals surface area contributed by atoms with Crippen LogP contribution in [0.5, 0.6) is 5.88 Å². The Bertz CT molecular complexity index is 1220. The van der Waals surface area contributed by atoms with Crippen LogP contribution in [-0.2, 0) is 16.9 Å². The van der Waals surface area contributed by atoms with Gasteiger partial charge in [0.05, 0.1) is 29.0 Å². The van der Waals surface area contributed by atoms with Gasteiger partial charge in [0.1, 0.15) is 0 Å². The first-order chi connectivity index (χ1) is 14.0. The number of alkyl halides is 3. The highest BCUT2D eigenvalue weighted by Gasteiger charge is 2.29. The summed E-state index contributed by atoms with van der Waals surface area (Å²) >= 11 is 0. The summed E-state index contributed by atoms with van der Waals surface area (Å²) in [6.45, 7) is -0.134. The van der Waals surface area contributed by atoms with Crippen molar-refractivity contribution in [2.45, 2.75) is 18.3 Å². The van der Waals surface area contributed by atoms with Gasteiger partial charge in [-0.1, -0.05) is 6.92 Å². The average molecular weight is 443 g/mol. The second-order valence-electron chi connectivity index (χ2n) is 6.10. The van der Waals surface area contributed by atoms with Crippen LogP contribution < -0.4 is 10.3 Å². The number of sulfone groups is 1. The summed E-state index contributed by atoms with van der Waals surface area (Å²) in [6, 6.07) is 5.04. The summed E-state index contributed by atoms with van der Waals surface area (Å²) in [6.07, 6.45) is -2.03. The molecule has 0 unspecified atom stereocenters. The highest BCUT2D eigenvalue weighted by molar-refractivity contribution is 7.91. The van der Waals surface area contributed by atoms with Gasteiger partial charge in [-0.05, 0) is 12.1 Å². The molecule has 3 heterocycles. The molecule has 160 valence electrons. The van der Waals surface area contributed by atoms with Gasteiger partial charge in [-0.25, -0.2) is 23.0 Å². The van der Waals surface area contributed by atoms with E-state index in [0.717, 1.165) is 22.9 Å². The first kappa shape index (κ1) is 21.5. The molecule has 0 spiro atoms. The van der Waals surface area contributed by atoms with Gasteiger partial charge in [-0.2, -0.15) is 18.3 Å². The minimum atomic E-state index is -4.54. The molecule has 0 amide bonds. The zero-order valence-corrected chi connectivity index (χ0v) is 16.6. The van der Waals surface area contributed by atoms with Crippen LogP contribution in [0.3, 0.4) is 0 Å². The fourth-order valence-electron chi connectivity index (χ4n) is 2.54. The van der Waals surface area contributed by atoms with Crippen LogP contribution >= 0.6 is 0 Å². The molecule has 0 fully saturated rings. The maximum atomic E-state index is 12.8. The predicted molar refractivity (Wildman–Crippen MR) is 99.1 cm³/mol. The van der Waals surface area contributed by atoms with Gasteiger partial charge in [0.25, 0.3) is 5.56 Å². The lowest BCUT2D eigenvalue weighted by atomic mass is 10.3. The van der Waals surface area contributed by atoms with Gasteiger partial charge < -0.3 is 4.74 Å². The van der Waals surface area contributed by atoms with Crippen LogP contribution in [0.15, 0.2) is 46.6 Å². The molecule has 0 aliphatic carbocycles. The summed E-state index contributed by atoms with van der Waals surface area (Å²) in [5.74, 6) is -0.655. The minimum Gasteiger partial charge on any atom is -0.468 e. The number of halogens is 3. The number of rotatable bonds is 6. The molecule has 0 atom stereocenters. The molecule has 3 aromatic rings. The van der Waals surface area contributed by atoms with Crippen molar-refractivity contribution in [2.75, 3.05) is 12.4 Å². The molecule has 0 saturated heterocycles. The van der Waals surface area contributed by atoms with Crippen LogP contribution in [-0.4, -0.2) is 51.3 Å². The predicted octanol–water partition coefficient (Wildman–Crippen LogP) is 1.76. The number of aromatic nitrogens is 5. The van der Waals surface area contributed by atoms with E-state index < -0.39 is 33.3 Å². The van der Waals surface area contributed by atoms with Crippen LogP contribution in [0, 0.1) is 0 Å². The molecule has 3 aromatic heterocycles. The Hall–Kier alpha value is -3.22. The Morgan fingerprint density at radius 2 is 1.93 bits per heavy atom. The molecule has 3 rings (SSSR count). The summed E-state index contributed by atoms with van der Waals surface area (Å²) in [5, 5.41) is 3.46. The van der Waals surface area contributed by atoms with E-state index in [4.69, 9.17) is 0 Å². The topological polar surface area (TPSA) is 109 Å². The third kappa shape index (κ3) is 4.50. The lowest BCUT2D eigenvalue weighted by molar-refractivity contribution is -0.154. The molecule has 0 saturated carbocycles. The monoisotopic (exact) mass is 443 g/mol. The molecule has 30 heavy (non-hydrogen) atoms. The number of ether oxygens (including phenoxy) is 1. The summed E-state index contributed by atoms with van der Waals surface area (Å²) in [5.41, 5.74) is -0.156. The van der Waals surface area contributed by atoms with E-state index in [1.54, 1.807) is 13.1 Å². The fourth-order valence-corrected chi connectivity index (χ4v) is 3.51. The van der Waals surface area contributed by atoms with Crippen molar-refractivity contribution in [3.63, 3.8) is 0 Å². The Kier molecular flexibility index (Phi) is 5.65. The molecule has 0 aromatic carbocycles. The molecule has 13 heteroatoms. The number of pyridine rings is 1. The molecular formula is C17H16F3N5O4S. The first-order valence-corrected chi connectivity index (χ1v) is 10.2. The Balaban J connectivity index is 2.10. The van der Waals surface area contributed by atoms with E-state index in [2.05, 4.69) is 19.8 Å². The molecule has 0 N–H and O–H groups in total. The molecule has 0 bridgehead atoms. The molecule has 0 radical (unpaired) electrons. The van der Waals surface area contributed by atoms with Crippen molar-refractivity contribution in [1.29, 1.82) is 0 Å². The quantitative estimate of drug-likeness (QED) is 0.534. The van der Waals surface area contributed by atoms with Gasteiger partial charge in [-0.3, -0.25) is 9.48 Å². The number of nitrogens with zero attached hydrogens (tertiary/aromatic N) is 5. The molecule has 0 aliphatic heterocycles. The van der Waals surface area contributed by atoms with E-state index >= 15 is 0 Å². The van der Waals surface area contributed by atoms with E-state index in [-0.39, 0.29) is 23.0 Å². The van der Waals surface area contributed by atoms with E-state index in [1.807, 2.05) is 0 Å². The number of aryl methyl sites for hydroxylation is 1. The van der Waals surface area contributed by atoms with Crippen molar-refractivity contribution in [3.8, 4) is 23.0 Å². The van der Waals surface area contributed by atoms with Crippen LogP contribution in [0.25, 0.3) is 17.1 Å². The standard InChI is InChI=1S/C17H16F3N5O4S/c1-3-30(27,28)16-23-12(13-6-7-22-24(13)2)8-15(26)25(16)11-4-5-14(21-9-11)29-10-17(18,19)20/h4-9H,3,10H2,1-2H3. The highest BCUT2D eigenvalue weighted by atomic mass is 32.2. The third-order valence-corrected chi connectivity index (χ3v) is 5.58. The van der Waals surface area contributed by atoms with Crippen molar-refractivity contribution < 1.29 is 26.3 Å². The smallest absolute Gasteiger partial charge is 0.422 e. The van der Waals surface area contributed by atoms with E-state index in [0.29, 0.717) is 5.69 Å². The van der Waals surface area contributed by atoms with Crippen molar-refractivity contribution in [2.24, 2.45) is 7.05 Å². The van der Waals surface area contributed by atoms with Gasteiger partial charge in [0.15, 0.2) is 6.61 Å². The maximum Gasteiger partial charge on any atom is 0.422 e. The lowest BCUT2D eigenvalue weighted by Gasteiger charge is -2.14. The molecule has 0 aliphatic rings. The average Bonchev–Trinajstić information content (AvgIpc) is 3.11. The third-order valence-electron chi connectivity index (χ3n) is 3.99. The van der Waals surface area contributed by atoms with Gasteiger partial charge in [0, 0.05) is 25.4 Å². The van der Waals surface area contributed by atoms with Crippen molar-refractivity contribution >= 4 is 9.84 Å². The van der Waals surface area contributed by atoms with Crippen LogP contribution in [0.1, 0.15) is 6.92 Å². The Labute approximate surface area is 168 Å². The Morgan fingerprint density at radius 3 is 2.47 bits per heavy atom. The van der Waals surface area contributed by atoms with Crippen molar-refractivity contribution in [3.05, 3.63) is 47.0 Å². The second kappa shape index (κ2) is 7.89. The molecular weight excluding hydrogens is 427 g/mol. The largest absolute Gasteiger partial charge is 0.468 e. The van der Waals surface area contributed by atoms with E-state index in [9.17, 15) is 26.4 Å². The second-order valence-corrected chi connectivity index (χ2v) is 8.27. The summed E-state index contributed by atoms with van der Waals surface area (Å²) in [7, 11) is -2.34. The van der Waals surface area contributed by atoms with Gasteiger partial charge in [0.2, 0.25) is 20.9 Å². The van der Waals surface area contributed by atoms with Crippen LogP contribution in [0.4, 0.5) is 13.2 Å². The number of hydrogen-bond donors (Lipinski definition) is 0.